The number of hydrogen-bond acceptors (Lipinski definition) is 3. The first-order chi connectivity index (χ1) is 11.6. The predicted octanol–water partition coefficient (Wildman–Crippen LogP) is 2.45. The second-order valence-electron chi connectivity index (χ2n) is 5.73. The highest BCUT2D eigenvalue weighted by Gasteiger charge is 2.22. The van der Waals surface area contributed by atoms with Gasteiger partial charge < -0.3 is 20.2 Å². The first-order valence-corrected chi connectivity index (χ1v) is 8.05. The Hall–Kier alpha value is -2.53. The van der Waals surface area contributed by atoms with Gasteiger partial charge in [-0.2, -0.15) is 0 Å². The minimum atomic E-state index is -1.02. The number of aliphatic hydroxyl groups is 1. The van der Waals surface area contributed by atoms with E-state index in [9.17, 15) is 5.11 Å². The summed E-state index contributed by atoms with van der Waals surface area (Å²) in [6.07, 6.45) is 4.19. The monoisotopic (exact) mass is 327 g/mol. The molecule has 1 aromatic carbocycles. The van der Waals surface area contributed by atoms with Crippen LogP contribution in [0, 0.1) is 0 Å². The van der Waals surface area contributed by atoms with Gasteiger partial charge in [0.1, 0.15) is 11.4 Å². The Balaban J connectivity index is 1.95. The van der Waals surface area contributed by atoms with Gasteiger partial charge in [0, 0.05) is 19.5 Å². The maximum Gasteiger partial charge on any atom is 0.191 e. The molecule has 0 saturated heterocycles. The highest BCUT2D eigenvalue weighted by Crippen LogP contribution is 2.20. The van der Waals surface area contributed by atoms with Crippen molar-refractivity contribution in [3.05, 3.63) is 72.7 Å². The molecule has 0 saturated carbocycles. The number of aliphatic imine (C=N–C) groups is 1. The summed E-state index contributed by atoms with van der Waals surface area (Å²) in [5.41, 5.74) is -0.183. The largest absolute Gasteiger partial charge is 0.469 e. The molecule has 0 aliphatic rings. The van der Waals surface area contributed by atoms with Gasteiger partial charge in [-0.1, -0.05) is 36.4 Å². The maximum absolute atomic E-state index is 10.6. The van der Waals surface area contributed by atoms with Gasteiger partial charge in [-0.3, -0.25) is 0 Å². The summed E-state index contributed by atoms with van der Waals surface area (Å²) in [4.78, 5) is 4.49. The maximum atomic E-state index is 10.6. The van der Waals surface area contributed by atoms with Crippen molar-refractivity contribution >= 4 is 5.96 Å². The molecule has 0 bridgehead atoms. The zero-order valence-electron chi connectivity index (χ0n) is 14.0. The summed E-state index contributed by atoms with van der Waals surface area (Å²) in [5.74, 6) is 1.56. The normalized spacial score (nSPS) is 14.0. The van der Waals surface area contributed by atoms with Crippen molar-refractivity contribution < 1.29 is 9.52 Å². The molecule has 128 valence electrons. The van der Waals surface area contributed by atoms with Crippen LogP contribution >= 0.6 is 0 Å². The van der Waals surface area contributed by atoms with E-state index >= 15 is 0 Å². The van der Waals surface area contributed by atoms with E-state index in [2.05, 4.69) is 22.2 Å². The molecule has 5 nitrogen and oxygen atoms in total. The summed E-state index contributed by atoms with van der Waals surface area (Å²) in [7, 11) is 0. The van der Waals surface area contributed by atoms with Crippen molar-refractivity contribution in [2.24, 2.45) is 4.99 Å². The first kappa shape index (κ1) is 17.8. The van der Waals surface area contributed by atoms with Crippen LogP contribution in [0.25, 0.3) is 0 Å². The average molecular weight is 327 g/mol. The molecule has 5 heteroatoms. The molecule has 0 spiro atoms. The Morgan fingerprint density at radius 1 is 1.25 bits per heavy atom. The molecule has 0 fully saturated rings. The fraction of sp³-hybridized carbons (Fsp3) is 0.316. The van der Waals surface area contributed by atoms with E-state index in [0.717, 1.165) is 17.7 Å². The number of nitrogens with zero attached hydrogens (tertiary/aromatic N) is 1. The molecule has 3 N–H and O–H groups in total. The summed E-state index contributed by atoms with van der Waals surface area (Å²) >= 11 is 0. The van der Waals surface area contributed by atoms with E-state index in [-0.39, 0.29) is 6.54 Å². The Kier molecular flexibility index (Phi) is 6.63. The van der Waals surface area contributed by atoms with Gasteiger partial charge in [0.2, 0.25) is 0 Å². The van der Waals surface area contributed by atoms with Gasteiger partial charge >= 0.3 is 0 Å². The minimum absolute atomic E-state index is 0.254. The summed E-state index contributed by atoms with van der Waals surface area (Å²) < 4.78 is 5.31. The molecule has 1 unspecified atom stereocenters. The van der Waals surface area contributed by atoms with E-state index < -0.39 is 5.60 Å². The standard InChI is InChI=1S/C19H25N3O2/c1-3-12-20-18(21-13-11-17-10-7-14-24-17)22-15-19(2,23)16-8-5-4-6-9-16/h3-10,14,23H,1,11-13,15H2,2H3,(H2,20,21,22). The number of guanidine groups is 1. The average Bonchev–Trinajstić information content (AvgIpc) is 3.11. The Labute approximate surface area is 143 Å². The number of hydrogen-bond donors (Lipinski definition) is 3. The predicted molar refractivity (Wildman–Crippen MR) is 96.9 cm³/mol. The van der Waals surface area contributed by atoms with Gasteiger partial charge in [-0.05, 0) is 24.6 Å². The quantitative estimate of drug-likeness (QED) is 0.396. The van der Waals surface area contributed by atoms with E-state index in [1.54, 1.807) is 19.3 Å². The van der Waals surface area contributed by atoms with Crippen LogP contribution < -0.4 is 10.6 Å². The lowest BCUT2D eigenvalue weighted by molar-refractivity contribution is 0.0672. The van der Waals surface area contributed by atoms with Gasteiger partial charge in [-0.15, -0.1) is 6.58 Å². The van der Waals surface area contributed by atoms with Crippen molar-refractivity contribution in [2.75, 3.05) is 19.6 Å². The molecule has 0 amide bonds. The van der Waals surface area contributed by atoms with Crippen LogP contribution in [0.1, 0.15) is 18.2 Å². The van der Waals surface area contributed by atoms with Crippen LogP contribution in [0.5, 0.6) is 0 Å². The molecule has 1 heterocycles. The van der Waals surface area contributed by atoms with Crippen LogP contribution in [0.3, 0.4) is 0 Å². The van der Waals surface area contributed by atoms with Crippen LogP contribution in [0.2, 0.25) is 0 Å². The van der Waals surface area contributed by atoms with Crippen LogP contribution in [-0.4, -0.2) is 30.7 Å². The molecule has 1 atom stereocenters. The number of benzene rings is 1. The molecular formula is C19H25N3O2. The Morgan fingerprint density at radius 2 is 2.04 bits per heavy atom. The second kappa shape index (κ2) is 8.93. The molecular weight excluding hydrogens is 302 g/mol. The fourth-order valence-corrected chi connectivity index (χ4v) is 2.22. The van der Waals surface area contributed by atoms with Gasteiger partial charge in [0.15, 0.2) is 5.96 Å². The third kappa shape index (κ3) is 5.59. The van der Waals surface area contributed by atoms with Crippen molar-refractivity contribution in [1.29, 1.82) is 0 Å². The molecule has 0 aliphatic carbocycles. The highest BCUT2D eigenvalue weighted by atomic mass is 16.3. The lowest BCUT2D eigenvalue weighted by Gasteiger charge is -2.22. The minimum Gasteiger partial charge on any atom is -0.469 e. The van der Waals surface area contributed by atoms with Crippen molar-refractivity contribution in [3.8, 4) is 0 Å². The topological polar surface area (TPSA) is 69.8 Å². The third-order valence-electron chi connectivity index (χ3n) is 3.60. The van der Waals surface area contributed by atoms with Crippen LogP contribution in [0.4, 0.5) is 0 Å². The van der Waals surface area contributed by atoms with Crippen LogP contribution in [-0.2, 0) is 12.0 Å². The van der Waals surface area contributed by atoms with Gasteiger partial charge in [0.05, 0.1) is 12.8 Å². The molecule has 24 heavy (non-hydrogen) atoms. The van der Waals surface area contributed by atoms with Crippen molar-refractivity contribution in [2.45, 2.75) is 18.9 Å². The van der Waals surface area contributed by atoms with E-state index in [4.69, 9.17) is 4.42 Å². The molecule has 1 aromatic heterocycles. The van der Waals surface area contributed by atoms with Crippen LogP contribution in [0.15, 0.2) is 70.8 Å². The summed E-state index contributed by atoms with van der Waals surface area (Å²) in [5, 5.41) is 17.0. The zero-order valence-corrected chi connectivity index (χ0v) is 14.0. The number of nitrogens with one attached hydrogen (secondary N) is 2. The smallest absolute Gasteiger partial charge is 0.191 e. The van der Waals surface area contributed by atoms with E-state index in [1.165, 1.54) is 0 Å². The fourth-order valence-electron chi connectivity index (χ4n) is 2.22. The number of furan rings is 1. The molecule has 0 aliphatic heterocycles. The highest BCUT2D eigenvalue weighted by molar-refractivity contribution is 5.80. The first-order valence-electron chi connectivity index (χ1n) is 8.05. The lowest BCUT2D eigenvalue weighted by Crippen LogP contribution is -2.40. The van der Waals surface area contributed by atoms with Gasteiger partial charge in [0.25, 0.3) is 0 Å². The van der Waals surface area contributed by atoms with Crippen molar-refractivity contribution in [1.82, 2.24) is 10.6 Å². The summed E-state index contributed by atoms with van der Waals surface area (Å²) in [6.45, 7) is 7.00. The third-order valence-corrected chi connectivity index (χ3v) is 3.60. The Morgan fingerprint density at radius 3 is 2.71 bits per heavy atom. The zero-order chi connectivity index (χ0) is 17.3. The van der Waals surface area contributed by atoms with E-state index in [1.807, 2.05) is 42.5 Å². The molecule has 0 radical (unpaired) electrons. The SMILES string of the molecule is C=CCNC(=NCC(C)(O)c1ccccc1)NCCc1ccco1. The molecule has 2 rings (SSSR count). The second-order valence-corrected chi connectivity index (χ2v) is 5.73. The number of rotatable bonds is 8. The van der Waals surface area contributed by atoms with Crippen molar-refractivity contribution in [3.63, 3.8) is 0 Å². The van der Waals surface area contributed by atoms with Gasteiger partial charge in [-0.25, -0.2) is 4.99 Å². The molecule has 2 aromatic rings. The van der Waals surface area contributed by atoms with E-state index in [0.29, 0.717) is 19.0 Å². The Bertz CT molecular complexity index is 634. The lowest BCUT2D eigenvalue weighted by atomic mass is 9.96. The summed E-state index contributed by atoms with van der Waals surface area (Å²) in [6, 6.07) is 13.4.